The number of rotatable bonds is 11. The number of hydrogen-bond acceptors (Lipinski definition) is 6. The summed E-state index contributed by atoms with van der Waals surface area (Å²) in [6, 6.07) is 23.9. The van der Waals surface area contributed by atoms with Crippen LogP contribution >= 0.6 is 36.4 Å². The van der Waals surface area contributed by atoms with Gasteiger partial charge in [-0.05, 0) is 87.4 Å². The number of carbonyl (C=O) groups is 2. The Bertz CT molecular complexity index is 1340. The number of aliphatic hydroxyl groups is 1. The van der Waals surface area contributed by atoms with Gasteiger partial charge < -0.3 is 25.0 Å². The molecule has 11 heteroatoms. The van der Waals surface area contributed by atoms with Gasteiger partial charge in [-0.25, -0.2) is 4.79 Å². The number of hydrogen-bond donors (Lipinski definition) is 2. The van der Waals surface area contributed by atoms with Crippen molar-refractivity contribution in [3.05, 3.63) is 101 Å². The third-order valence-electron chi connectivity index (χ3n) is 9.58. The van der Waals surface area contributed by atoms with E-state index in [1.165, 1.54) is 0 Å². The Hall–Kier alpha value is -2.88. The highest BCUT2D eigenvalue weighted by molar-refractivity contribution is 6.30. The summed E-state index contributed by atoms with van der Waals surface area (Å²) in [5.74, 6) is -0.132. The second kappa shape index (κ2) is 18.0. The lowest BCUT2D eigenvalue weighted by atomic mass is 9.73. The van der Waals surface area contributed by atoms with Crippen LogP contribution in [0, 0.1) is 5.92 Å². The van der Waals surface area contributed by atoms with Crippen LogP contribution in [0.2, 0.25) is 5.02 Å². The van der Waals surface area contributed by atoms with E-state index in [-0.39, 0.29) is 42.7 Å². The van der Waals surface area contributed by atoms with Gasteiger partial charge in [0, 0.05) is 49.9 Å². The van der Waals surface area contributed by atoms with Crippen LogP contribution in [0.4, 0.5) is 4.79 Å². The highest BCUT2D eigenvalue weighted by Gasteiger charge is 2.38. The summed E-state index contributed by atoms with van der Waals surface area (Å²) < 4.78 is 5.14. The first-order valence-electron chi connectivity index (χ1n) is 16.2. The second-order valence-electron chi connectivity index (χ2n) is 12.3. The lowest BCUT2D eigenvalue weighted by Crippen LogP contribution is -2.47. The van der Waals surface area contributed by atoms with Gasteiger partial charge in [0.2, 0.25) is 5.91 Å². The molecule has 0 saturated carbocycles. The largest absolute Gasteiger partial charge is 0.450 e. The van der Waals surface area contributed by atoms with E-state index >= 15 is 0 Å². The molecule has 2 fully saturated rings. The van der Waals surface area contributed by atoms with Crippen molar-refractivity contribution in [1.82, 2.24) is 20.1 Å². The molecular formula is C36H47Cl3N4O4. The fourth-order valence-corrected chi connectivity index (χ4v) is 6.95. The maximum Gasteiger partial charge on any atom is 0.409 e. The molecule has 2 aliphatic rings. The summed E-state index contributed by atoms with van der Waals surface area (Å²) in [6.45, 7) is 6.11. The number of aromatic nitrogens is 1. The van der Waals surface area contributed by atoms with E-state index in [2.05, 4.69) is 28.4 Å². The summed E-state index contributed by atoms with van der Waals surface area (Å²) in [5, 5.41) is 15.3. The zero-order valence-electron chi connectivity index (χ0n) is 27.0. The molecule has 3 aromatic rings. The van der Waals surface area contributed by atoms with Gasteiger partial charge in [-0.2, -0.15) is 0 Å². The molecule has 2 amide bonds. The highest BCUT2D eigenvalue weighted by Crippen LogP contribution is 2.37. The average molecular weight is 706 g/mol. The van der Waals surface area contributed by atoms with Crippen LogP contribution in [-0.2, 0) is 20.5 Å². The molecule has 0 aliphatic carbocycles. The molecule has 0 radical (unpaired) electrons. The van der Waals surface area contributed by atoms with Gasteiger partial charge in [-0.1, -0.05) is 60.1 Å². The molecule has 1 aromatic heterocycles. The number of nitrogens with one attached hydrogen (secondary N) is 1. The maximum absolute atomic E-state index is 13.5. The standard InChI is InChI=1S/C36H45ClN4O4.2ClH/c1-2-45-34(43)41-23-16-28(17-24-41)33(42)39-27-35(29-9-4-3-5-10-29,32-11-6-7-21-38-32)18-8-22-40-25-19-36(44,20-26-40)30-12-14-31(37)15-13-30;;/h3-7,9-15,21,28,44H,2,8,16-20,22-27H2,1H3,(H,39,42);2*1H. The third-order valence-corrected chi connectivity index (χ3v) is 9.83. The van der Waals surface area contributed by atoms with Gasteiger partial charge in [0.25, 0.3) is 0 Å². The Kier molecular flexibility index (Phi) is 14.8. The van der Waals surface area contributed by atoms with Crippen LogP contribution < -0.4 is 5.32 Å². The van der Waals surface area contributed by atoms with E-state index < -0.39 is 11.0 Å². The van der Waals surface area contributed by atoms with E-state index in [0.717, 1.165) is 49.3 Å². The van der Waals surface area contributed by atoms with E-state index in [9.17, 15) is 14.7 Å². The molecule has 0 spiro atoms. The zero-order valence-corrected chi connectivity index (χ0v) is 29.4. The fourth-order valence-electron chi connectivity index (χ4n) is 6.83. The number of piperidine rings is 2. The Morgan fingerprint density at radius 1 is 0.979 bits per heavy atom. The van der Waals surface area contributed by atoms with Gasteiger partial charge >= 0.3 is 6.09 Å². The SMILES string of the molecule is CCOC(=O)N1CCC(C(=O)NCC(CCCN2CCC(O)(c3ccc(Cl)cc3)CC2)(c2ccccc2)c2ccccn2)CC1.Cl.Cl. The topological polar surface area (TPSA) is 95.0 Å². The van der Waals surface area contributed by atoms with E-state index in [4.69, 9.17) is 21.3 Å². The molecule has 0 bridgehead atoms. The van der Waals surface area contributed by atoms with Crippen molar-refractivity contribution in [2.75, 3.05) is 45.9 Å². The minimum absolute atomic E-state index is 0. The number of ether oxygens (including phenoxy) is 1. The monoisotopic (exact) mass is 704 g/mol. The first-order valence-corrected chi connectivity index (χ1v) is 16.6. The highest BCUT2D eigenvalue weighted by atomic mass is 35.5. The van der Waals surface area contributed by atoms with Crippen LogP contribution in [0.15, 0.2) is 79.0 Å². The summed E-state index contributed by atoms with van der Waals surface area (Å²) in [5.41, 5.74) is 1.64. The van der Waals surface area contributed by atoms with Crippen molar-refractivity contribution in [3.63, 3.8) is 0 Å². The van der Waals surface area contributed by atoms with Crippen molar-refractivity contribution in [2.45, 2.75) is 56.5 Å². The minimum atomic E-state index is -0.834. The van der Waals surface area contributed by atoms with Crippen LogP contribution in [0.1, 0.15) is 62.3 Å². The van der Waals surface area contributed by atoms with Gasteiger partial charge in [0.05, 0.1) is 23.3 Å². The molecule has 2 N–H and O–H groups in total. The quantitative estimate of drug-likeness (QED) is 0.233. The molecule has 1 atom stereocenters. The zero-order chi connectivity index (χ0) is 31.7. The van der Waals surface area contributed by atoms with Gasteiger partial charge in [0.15, 0.2) is 0 Å². The molecule has 2 saturated heterocycles. The number of likely N-dealkylation sites (tertiary alicyclic amines) is 2. The Morgan fingerprint density at radius 2 is 1.64 bits per heavy atom. The number of amides is 2. The summed E-state index contributed by atoms with van der Waals surface area (Å²) in [7, 11) is 0. The van der Waals surface area contributed by atoms with Crippen molar-refractivity contribution >= 4 is 48.4 Å². The normalized spacial score (nSPS) is 17.8. The molecule has 5 rings (SSSR count). The molecule has 47 heavy (non-hydrogen) atoms. The van der Waals surface area contributed by atoms with Crippen molar-refractivity contribution in [3.8, 4) is 0 Å². The Morgan fingerprint density at radius 3 is 2.26 bits per heavy atom. The summed E-state index contributed by atoms with van der Waals surface area (Å²) >= 11 is 6.07. The van der Waals surface area contributed by atoms with Gasteiger partial charge in [-0.3, -0.25) is 9.78 Å². The van der Waals surface area contributed by atoms with E-state index in [1.807, 2.05) is 60.8 Å². The number of pyridine rings is 1. The molecule has 1 unspecified atom stereocenters. The van der Waals surface area contributed by atoms with Crippen LogP contribution in [0.25, 0.3) is 0 Å². The summed E-state index contributed by atoms with van der Waals surface area (Å²) in [4.78, 5) is 34.6. The second-order valence-corrected chi connectivity index (χ2v) is 12.8. The Labute approximate surface area is 296 Å². The minimum Gasteiger partial charge on any atom is -0.450 e. The summed E-state index contributed by atoms with van der Waals surface area (Å²) in [6.07, 6.45) is 5.79. The first-order chi connectivity index (χ1) is 21.8. The number of carbonyl (C=O) groups excluding carboxylic acids is 2. The molecule has 8 nitrogen and oxygen atoms in total. The molecule has 3 heterocycles. The van der Waals surface area contributed by atoms with E-state index in [0.29, 0.717) is 56.9 Å². The number of benzene rings is 2. The lowest BCUT2D eigenvalue weighted by molar-refractivity contribution is -0.126. The third kappa shape index (κ3) is 9.61. The number of halogens is 3. The van der Waals surface area contributed by atoms with Crippen LogP contribution in [0.5, 0.6) is 0 Å². The smallest absolute Gasteiger partial charge is 0.409 e. The van der Waals surface area contributed by atoms with Crippen molar-refractivity contribution in [1.29, 1.82) is 0 Å². The molecule has 2 aromatic carbocycles. The maximum atomic E-state index is 13.5. The molecule has 256 valence electrons. The van der Waals surface area contributed by atoms with Crippen molar-refractivity contribution < 1.29 is 19.4 Å². The molecule has 2 aliphatic heterocycles. The first kappa shape index (κ1) is 38.6. The fraction of sp³-hybridized carbons (Fsp3) is 0.472. The van der Waals surface area contributed by atoms with Gasteiger partial charge in [0.1, 0.15) is 0 Å². The van der Waals surface area contributed by atoms with Crippen molar-refractivity contribution in [2.24, 2.45) is 5.92 Å². The average Bonchev–Trinajstić information content (AvgIpc) is 3.08. The Balaban J connectivity index is 0.00000300. The van der Waals surface area contributed by atoms with Gasteiger partial charge in [-0.15, -0.1) is 24.8 Å². The lowest BCUT2D eigenvalue weighted by Gasteiger charge is -2.40. The molecular weight excluding hydrogens is 659 g/mol. The predicted octanol–water partition coefficient (Wildman–Crippen LogP) is 6.61. The number of nitrogens with zero attached hydrogens (tertiary/aromatic N) is 3. The van der Waals surface area contributed by atoms with Crippen LogP contribution in [0.3, 0.4) is 0 Å². The van der Waals surface area contributed by atoms with Crippen LogP contribution in [-0.4, -0.2) is 77.8 Å². The van der Waals surface area contributed by atoms with E-state index in [1.54, 1.807) is 11.8 Å². The predicted molar refractivity (Wildman–Crippen MR) is 191 cm³/mol.